The third-order valence-corrected chi connectivity index (χ3v) is 6.38. The maximum Gasteiger partial charge on any atom is 0.433 e. The number of β-amino-alcohol motifs (C(OH)–C–C–N with tert-alkyl or cyclic N) is 1. The van der Waals surface area contributed by atoms with Crippen LogP contribution in [-0.2, 0) is 11.0 Å². The molecule has 3 amide bonds. The summed E-state index contributed by atoms with van der Waals surface area (Å²) in [4.78, 5) is 30.6. The number of fused-ring (bicyclic) bond motifs is 1. The van der Waals surface area contributed by atoms with Crippen molar-refractivity contribution in [2.75, 3.05) is 31.5 Å². The fourth-order valence-corrected chi connectivity index (χ4v) is 4.67. The average Bonchev–Trinajstić information content (AvgIpc) is 3.24. The normalized spacial score (nSPS) is 22.8. The summed E-state index contributed by atoms with van der Waals surface area (Å²) in [7, 11) is 0. The van der Waals surface area contributed by atoms with Crippen molar-refractivity contribution < 1.29 is 36.6 Å². The SMILES string of the molecule is O=C(N[C@H]1C[C@@H](Nc2cc(C(F)(F)F)nc3ccc(Cl)cc23)CN(C(=O)C(F)F)C1)N1CC[C@H](O)C1. The number of aromatic nitrogens is 1. The van der Waals surface area contributed by atoms with E-state index in [0.29, 0.717) is 13.0 Å². The summed E-state index contributed by atoms with van der Waals surface area (Å²) >= 11 is 6.03. The molecule has 0 aliphatic carbocycles. The lowest BCUT2D eigenvalue weighted by atomic mass is 9.99. The largest absolute Gasteiger partial charge is 0.433 e. The van der Waals surface area contributed by atoms with Gasteiger partial charge in [-0.2, -0.15) is 22.0 Å². The van der Waals surface area contributed by atoms with Crippen LogP contribution in [0.4, 0.5) is 32.4 Å². The van der Waals surface area contributed by atoms with E-state index in [2.05, 4.69) is 15.6 Å². The summed E-state index contributed by atoms with van der Waals surface area (Å²) in [5.74, 6) is -1.45. The van der Waals surface area contributed by atoms with E-state index in [1.807, 2.05) is 0 Å². The molecule has 36 heavy (non-hydrogen) atoms. The van der Waals surface area contributed by atoms with E-state index in [9.17, 15) is 36.6 Å². The van der Waals surface area contributed by atoms with Crippen LogP contribution in [0, 0.1) is 0 Å². The Hall–Kier alpha value is -2.93. The number of anilines is 1. The Morgan fingerprint density at radius 2 is 1.83 bits per heavy atom. The molecular formula is C22H23ClF5N5O3. The molecule has 0 radical (unpaired) electrons. The van der Waals surface area contributed by atoms with E-state index >= 15 is 0 Å². The number of carbonyl (C=O) groups is 2. The Kier molecular flexibility index (Phi) is 7.41. The van der Waals surface area contributed by atoms with Crippen molar-refractivity contribution in [3.8, 4) is 0 Å². The van der Waals surface area contributed by atoms with Gasteiger partial charge in [0.1, 0.15) is 5.69 Å². The Balaban J connectivity index is 1.61. The van der Waals surface area contributed by atoms with Crippen molar-refractivity contribution >= 4 is 40.1 Å². The molecule has 1 aromatic heterocycles. The number of aliphatic hydroxyl groups is 1. The summed E-state index contributed by atoms with van der Waals surface area (Å²) in [5, 5.41) is 15.8. The molecule has 2 aliphatic rings. The van der Waals surface area contributed by atoms with Crippen molar-refractivity contribution in [3.05, 3.63) is 35.0 Å². The third kappa shape index (κ3) is 5.89. The van der Waals surface area contributed by atoms with Crippen molar-refractivity contribution in [2.24, 2.45) is 0 Å². The van der Waals surface area contributed by atoms with Gasteiger partial charge in [-0.1, -0.05) is 11.6 Å². The number of nitrogens with one attached hydrogen (secondary N) is 2. The first kappa shape index (κ1) is 26.1. The van der Waals surface area contributed by atoms with Crippen LogP contribution in [0.25, 0.3) is 10.9 Å². The summed E-state index contributed by atoms with van der Waals surface area (Å²) in [6.07, 6.45) is -8.15. The molecule has 3 atom stereocenters. The molecule has 2 saturated heterocycles. The lowest BCUT2D eigenvalue weighted by molar-refractivity contribution is -0.144. The van der Waals surface area contributed by atoms with Gasteiger partial charge in [-0.25, -0.2) is 9.78 Å². The maximum absolute atomic E-state index is 13.5. The highest BCUT2D eigenvalue weighted by Crippen LogP contribution is 2.35. The molecule has 3 N–H and O–H groups in total. The summed E-state index contributed by atoms with van der Waals surface area (Å²) in [6, 6.07) is 2.89. The number of piperidine rings is 1. The van der Waals surface area contributed by atoms with E-state index in [4.69, 9.17) is 11.6 Å². The number of hydrogen-bond donors (Lipinski definition) is 3. The molecule has 4 rings (SSSR count). The number of alkyl halides is 5. The van der Waals surface area contributed by atoms with Crippen LogP contribution in [0.5, 0.6) is 0 Å². The summed E-state index contributed by atoms with van der Waals surface area (Å²) in [6.45, 7) is 0.0128. The molecule has 2 aliphatic heterocycles. The number of aliphatic hydroxyl groups excluding tert-OH is 1. The molecule has 8 nitrogen and oxygen atoms in total. The molecule has 14 heteroatoms. The topological polar surface area (TPSA) is 97.8 Å². The van der Waals surface area contributed by atoms with E-state index in [-0.39, 0.29) is 47.7 Å². The molecule has 0 saturated carbocycles. The minimum atomic E-state index is -4.74. The van der Waals surface area contributed by atoms with Crippen LogP contribution in [0.15, 0.2) is 24.3 Å². The van der Waals surface area contributed by atoms with E-state index in [1.54, 1.807) is 0 Å². The standard InChI is InChI=1S/C22H23ClF5N5O3/c23-11-1-2-16-15(5-11)17(7-18(31-16)22(26,27)28)29-12-6-13(9-33(8-12)20(35)19(24)25)30-21(36)32-4-3-14(34)10-32/h1-2,5,7,12-14,19,34H,3-4,6,8-10H2,(H,29,31)(H,30,36)/t12-,13+,14+/m1/s1. The first-order valence-electron chi connectivity index (χ1n) is 11.1. The predicted molar refractivity (Wildman–Crippen MR) is 121 cm³/mol. The molecule has 3 heterocycles. The minimum absolute atomic E-state index is 0.0129. The lowest BCUT2D eigenvalue weighted by Gasteiger charge is -2.39. The van der Waals surface area contributed by atoms with Crippen molar-refractivity contribution in [3.63, 3.8) is 0 Å². The first-order valence-corrected chi connectivity index (χ1v) is 11.5. The zero-order valence-electron chi connectivity index (χ0n) is 18.7. The zero-order valence-corrected chi connectivity index (χ0v) is 19.5. The number of pyridine rings is 1. The van der Waals surface area contributed by atoms with Gasteiger partial charge in [-0.3, -0.25) is 4.79 Å². The van der Waals surface area contributed by atoms with Gasteiger partial charge in [-0.15, -0.1) is 0 Å². The molecule has 196 valence electrons. The van der Waals surface area contributed by atoms with Gasteiger partial charge in [0.2, 0.25) is 0 Å². The second kappa shape index (κ2) is 10.2. The third-order valence-electron chi connectivity index (χ3n) is 6.15. The second-order valence-corrected chi connectivity index (χ2v) is 9.31. The van der Waals surface area contributed by atoms with Gasteiger partial charge in [0.05, 0.1) is 17.7 Å². The number of benzene rings is 1. The summed E-state index contributed by atoms with van der Waals surface area (Å²) < 4.78 is 66.8. The Morgan fingerprint density at radius 3 is 2.47 bits per heavy atom. The number of hydrogen-bond acceptors (Lipinski definition) is 5. The van der Waals surface area contributed by atoms with E-state index < -0.39 is 48.4 Å². The van der Waals surface area contributed by atoms with Gasteiger partial charge in [0.15, 0.2) is 0 Å². The van der Waals surface area contributed by atoms with Gasteiger partial charge in [0, 0.05) is 48.3 Å². The van der Waals surface area contributed by atoms with Crippen LogP contribution in [0.3, 0.4) is 0 Å². The lowest BCUT2D eigenvalue weighted by Crippen LogP contribution is -2.58. The summed E-state index contributed by atoms with van der Waals surface area (Å²) in [5.41, 5.74) is -1.13. The maximum atomic E-state index is 13.5. The molecule has 0 spiro atoms. The zero-order chi connectivity index (χ0) is 26.2. The Morgan fingerprint density at radius 1 is 1.11 bits per heavy atom. The van der Waals surface area contributed by atoms with Crippen molar-refractivity contribution in [2.45, 2.75) is 43.6 Å². The number of urea groups is 1. The quantitative estimate of drug-likeness (QED) is 0.522. The molecule has 2 fully saturated rings. The number of halogens is 6. The van der Waals surface area contributed by atoms with E-state index in [0.717, 1.165) is 11.0 Å². The van der Waals surface area contributed by atoms with Crippen molar-refractivity contribution in [1.82, 2.24) is 20.1 Å². The monoisotopic (exact) mass is 535 g/mol. The predicted octanol–water partition coefficient (Wildman–Crippen LogP) is 3.33. The van der Waals surface area contributed by atoms with Gasteiger partial charge in [-0.05, 0) is 37.1 Å². The Bertz CT molecular complexity index is 1150. The van der Waals surface area contributed by atoms with Crippen LogP contribution < -0.4 is 10.6 Å². The number of amides is 3. The van der Waals surface area contributed by atoms with Crippen LogP contribution in [0.1, 0.15) is 18.5 Å². The average molecular weight is 536 g/mol. The second-order valence-electron chi connectivity index (χ2n) is 8.87. The van der Waals surface area contributed by atoms with Gasteiger partial charge in [0.25, 0.3) is 5.91 Å². The molecule has 0 bridgehead atoms. The van der Waals surface area contributed by atoms with Crippen LogP contribution >= 0.6 is 11.6 Å². The fourth-order valence-electron chi connectivity index (χ4n) is 4.50. The first-order chi connectivity index (χ1) is 16.9. The number of nitrogens with zero attached hydrogens (tertiary/aromatic N) is 3. The molecule has 1 aromatic carbocycles. The Labute approximate surface area is 207 Å². The van der Waals surface area contributed by atoms with Gasteiger partial charge < -0.3 is 25.5 Å². The van der Waals surface area contributed by atoms with Gasteiger partial charge >= 0.3 is 18.6 Å². The number of rotatable bonds is 4. The van der Waals surface area contributed by atoms with Crippen LogP contribution in [0.2, 0.25) is 5.02 Å². The molecule has 2 aromatic rings. The highest BCUT2D eigenvalue weighted by molar-refractivity contribution is 6.31. The van der Waals surface area contributed by atoms with Crippen molar-refractivity contribution in [1.29, 1.82) is 0 Å². The minimum Gasteiger partial charge on any atom is -0.391 e. The fraction of sp³-hybridized carbons (Fsp3) is 0.500. The smallest absolute Gasteiger partial charge is 0.391 e. The molecular weight excluding hydrogens is 513 g/mol. The number of likely N-dealkylation sites (tertiary alicyclic amines) is 2. The highest BCUT2D eigenvalue weighted by atomic mass is 35.5. The number of carbonyl (C=O) groups excluding carboxylic acids is 2. The van der Waals surface area contributed by atoms with Crippen LogP contribution in [-0.4, -0.2) is 82.6 Å². The molecule has 0 unspecified atom stereocenters. The highest BCUT2D eigenvalue weighted by Gasteiger charge is 2.37. The van der Waals surface area contributed by atoms with E-state index in [1.165, 1.54) is 23.1 Å².